The summed E-state index contributed by atoms with van der Waals surface area (Å²) in [5.74, 6) is -2.30. The van der Waals surface area contributed by atoms with Gasteiger partial charge in [0.05, 0.1) is 24.6 Å². The molecule has 0 heterocycles. The van der Waals surface area contributed by atoms with Crippen LogP contribution < -0.4 is 5.32 Å². The fourth-order valence-corrected chi connectivity index (χ4v) is 3.48. The Morgan fingerprint density at radius 3 is 2.06 bits per heavy atom. The Hall–Kier alpha value is -4.39. The molecule has 0 aliphatic carbocycles. The van der Waals surface area contributed by atoms with Crippen LogP contribution in [0.5, 0.6) is 0 Å². The number of esters is 1. The Balaban J connectivity index is 1.98. The van der Waals surface area contributed by atoms with Gasteiger partial charge in [-0.05, 0) is 41.3 Å². The van der Waals surface area contributed by atoms with Gasteiger partial charge in [0, 0.05) is 0 Å². The third kappa shape index (κ3) is 7.04. The van der Waals surface area contributed by atoms with Crippen LogP contribution in [0.25, 0.3) is 5.57 Å². The summed E-state index contributed by atoms with van der Waals surface area (Å²) in [4.78, 5) is 36.4. The highest BCUT2D eigenvalue weighted by Gasteiger charge is 2.24. The molecule has 0 aromatic heterocycles. The second kappa shape index (κ2) is 12.2. The van der Waals surface area contributed by atoms with Crippen molar-refractivity contribution in [3.8, 4) is 0 Å². The quantitative estimate of drug-likeness (QED) is 0.412. The van der Waals surface area contributed by atoms with Crippen LogP contribution in [0, 0.1) is 5.92 Å². The number of ether oxygens (including phenoxy) is 2. The number of benzene rings is 3. The lowest BCUT2D eigenvalue weighted by Gasteiger charge is -2.24. The molecule has 0 spiro atoms. The first kappa shape index (κ1) is 25.2. The first-order valence-corrected chi connectivity index (χ1v) is 11.0. The predicted octanol–water partition coefficient (Wildman–Crippen LogP) is 5.25. The molecule has 180 valence electrons. The minimum absolute atomic E-state index is 0.0799. The Labute approximate surface area is 204 Å². The first-order valence-electron chi connectivity index (χ1n) is 11.0. The molecule has 0 saturated carbocycles. The number of methoxy groups -OCH3 is 1. The molecule has 2 N–H and O–H groups in total. The van der Waals surface area contributed by atoms with E-state index in [-0.39, 0.29) is 6.61 Å². The Kier molecular flexibility index (Phi) is 8.78. The second-order valence-corrected chi connectivity index (χ2v) is 7.87. The minimum atomic E-state index is -0.995. The lowest BCUT2D eigenvalue weighted by atomic mass is 9.90. The van der Waals surface area contributed by atoms with Gasteiger partial charge in [-0.25, -0.2) is 9.59 Å². The van der Waals surface area contributed by atoms with Crippen LogP contribution in [0.15, 0.2) is 91.0 Å². The monoisotopic (exact) mass is 473 g/mol. The fourth-order valence-electron chi connectivity index (χ4n) is 3.48. The van der Waals surface area contributed by atoms with Gasteiger partial charge in [-0.15, -0.1) is 0 Å². The Morgan fingerprint density at radius 2 is 1.49 bits per heavy atom. The summed E-state index contributed by atoms with van der Waals surface area (Å²) in [6.07, 6.45) is 0.939. The molecule has 3 aromatic carbocycles. The summed E-state index contributed by atoms with van der Waals surface area (Å²) < 4.78 is 10.2. The van der Waals surface area contributed by atoms with Crippen molar-refractivity contribution in [2.75, 3.05) is 7.11 Å². The third-order valence-corrected chi connectivity index (χ3v) is 5.38. The van der Waals surface area contributed by atoms with E-state index >= 15 is 0 Å². The standard InChI is InChI=1S/C28H27NO6/c1-19(26(30)31)17-24(21-11-7-4-8-12-21)25(22-13-15-23(16-14-22)27(32)34-2)29-28(33)35-18-20-9-5-3-6-10-20/h3-17,19,25H,18H2,1-2H3,(H,29,33)(H,30,31)/b24-17+/t19-,25?/m1/s1. The highest BCUT2D eigenvalue weighted by Crippen LogP contribution is 2.32. The molecule has 0 saturated heterocycles. The maximum atomic E-state index is 12.8. The van der Waals surface area contributed by atoms with Gasteiger partial charge < -0.3 is 19.9 Å². The Morgan fingerprint density at radius 1 is 0.886 bits per heavy atom. The van der Waals surface area contributed by atoms with Crippen molar-refractivity contribution in [3.63, 3.8) is 0 Å². The van der Waals surface area contributed by atoms with Crippen LogP contribution in [0.4, 0.5) is 4.79 Å². The van der Waals surface area contributed by atoms with Crippen molar-refractivity contribution >= 4 is 23.6 Å². The number of carbonyl (C=O) groups is 3. The average Bonchev–Trinajstić information content (AvgIpc) is 2.90. The predicted molar refractivity (Wildman–Crippen MR) is 132 cm³/mol. The van der Waals surface area contributed by atoms with Gasteiger partial charge in [0.15, 0.2) is 0 Å². The van der Waals surface area contributed by atoms with Gasteiger partial charge in [-0.2, -0.15) is 0 Å². The van der Waals surface area contributed by atoms with E-state index in [2.05, 4.69) is 5.32 Å². The van der Waals surface area contributed by atoms with E-state index in [0.717, 1.165) is 11.1 Å². The van der Waals surface area contributed by atoms with Gasteiger partial charge in [-0.3, -0.25) is 4.79 Å². The molecular formula is C28H27NO6. The average molecular weight is 474 g/mol. The van der Waals surface area contributed by atoms with Crippen molar-refractivity contribution in [1.29, 1.82) is 0 Å². The zero-order valence-corrected chi connectivity index (χ0v) is 19.5. The van der Waals surface area contributed by atoms with Gasteiger partial charge in [-0.1, -0.05) is 78.9 Å². The smallest absolute Gasteiger partial charge is 0.408 e. The van der Waals surface area contributed by atoms with Gasteiger partial charge in [0.1, 0.15) is 6.61 Å². The molecule has 3 aromatic rings. The van der Waals surface area contributed by atoms with Crippen LogP contribution in [0.2, 0.25) is 0 Å². The maximum Gasteiger partial charge on any atom is 0.408 e. The Bertz CT molecular complexity index is 1170. The number of carbonyl (C=O) groups excluding carboxylic acids is 2. The zero-order chi connectivity index (χ0) is 25.2. The highest BCUT2D eigenvalue weighted by atomic mass is 16.5. The number of hydrogen-bond acceptors (Lipinski definition) is 5. The molecule has 7 heteroatoms. The van der Waals surface area contributed by atoms with Crippen LogP contribution in [0.1, 0.15) is 40.0 Å². The lowest BCUT2D eigenvalue weighted by Crippen LogP contribution is -2.30. The summed E-state index contributed by atoms with van der Waals surface area (Å²) in [7, 11) is 1.30. The summed E-state index contributed by atoms with van der Waals surface area (Å²) in [5.41, 5.74) is 3.15. The van der Waals surface area contributed by atoms with E-state index in [9.17, 15) is 19.5 Å². The van der Waals surface area contributed by atoms with E-state index in [1.165, 1.54) is 7.11 Å². The van der Waals surface area contributed by atoms with Crippen LogP contribution in [-0.4, -0.2) is 30.2 Å². The van der Waals surface area contributed by atoms with Gasteiger partial charge >= 0.3 is 18.0 Å². The third-order valence-electron chi connectivity index (χ3n) is 5.38. The lowest BCUT2D eigenvalue weighted by molar-refractivity contribution is -0.139. The van der Waals surface area contributed by atoms with Crippen molar-refractivity contribution in [2.45, 2.75) is 19.6 Å². The molecule has 0 radical (unpaired) electrons. The SMILES string of the molecule is COC(=O)c1ccc(C(NC(=O)OCc2ccccc2)/C(=C/[C@@H](C)C(=O)O)c2ccccc2)cc1. The van der Waals surface area contributed by atoms with Gasteiger partial charge in [0.2, 0.25) is 0 Å². The fraction of sp³-hybridized carbons (Fsp3) is 0.179. The maximum absolute atomic E-state index is 12.8. The van der Waals surface area contributed by atoms with E-state index in [4.69, 9.17) is 9.47 Å². The number of rotatable bonds is 9. The zero-order valence-electron chi connectivity index (χ0n) is 19.5. The first-order chi connectivity index (χ1) is 16.9. The number of hydrogen-bond donors (Lipinski definition) is 2. The van der Waals surface area contributed by atoms with Crippen molar-refractivity contribution in [2.24, 2.45) is 5.92 Å². The number of alkyl carbamates (subject to hydrolysis) is 1. The molecule has 1 amide bonds. The number of carboxylic acids is 1. The van der Waals surface area contributed by atoms with Gasteiger partial charge in [0.25, 0.3) is 0 Å². The summed E-state index contributed by atoms with van der Waals surface area (Å²) in [6.45, 7) is 1.65. The normalized spacial score (nSPS) is 12.8. The highest BCUT2D eigenvalue weighted by molar-refractivity contribution is 5.89. The van der Waals surface area contributed by atoms with Crippen molar-refractivity contribution in [3.05, 3.63) is 113 Å². The van der Waals surface area contributed by atoms with E-state index in [0.29, 0.717) is 16.7 Å². The van der Waals surface area contributed by atoms with Crippen molar-refractivity contribution in [1.82, 2.24) is 5.32 Å². The summed E-state index contributed by atoms with van der Waals surface area (Å²) in [5, 5.41) is 12.4. The molecule has 0 fully saturated rings. The number of carboxylic acid groups (broad SMARTS) is 1. The molecular weight excluding hydrogens is 446 g/mol. The van der Waals surface area contributed by atoms with E-state index < -0.39 is 30.0 Å². The number of amides is 1. The van der Waals surface area contributed by atoms with Crippen molar-refractivity contribution < 1.29 is 29.0 Å². The summed E-state index contributed by atoms with van der Waals surface area (Å²) >= 11 is 0. The topological polar surface area (TPSA) is 102 Å². The molecule has 2 atom stereocenters. The van der Waals surface area contributed by atoms with Crippen LogP contribution in [0.3, 0.4) is 0 Å². The number of nitrogens with one attached hydrogen (secondary N) is 1. The molecule has 0 aliphatic heterocycles. The second-order valence-electron chi connectivity index (χ2n) is 7.87. The molecule has 1 unspecified atom stereocenters. The number of aliphatic carboxylic acids is 1. The van der Waals surface area contributed by atoms with Crippen LogP contribution in [-0.2, 0) is 20.9 Å². The molecule has 3 rings (SSSR count). The minimum Gasteiger partial charge on any atom is -0.481 e. The summed E-state index contributed by atoms with van der Waals surface area (Å²) in [6, 6.07) is 24.3. The largest absolute Gasteiger partial charge is 0.481 e. The van der Waals surface area contributed by atoms with Crippen LogP contribution >= 0.6 is 0 Å². The molecule has 0 bridgehead atoms. The van der Waals surface area contributed by atoms with E-state index in [1.807, 2.05) is 60.7 Å². The van der Waals surface area contributed by atoms with E-state index in [1.54, 1.807) is 37.3 Å². The molecule has 0 aliphatic rings. The molecule has 35 heavy (non-hydrogen) atoms. The molecule has 7 nitrogen and oxygen atoms in total.